The Hall–Kier alpha value is -1.39. The van der Waals surface area contributed by atoms with Crippen molar-refractivity contribution in [3.05, 3.63) is 12.7 Å². The monoisotopic (exact) mass is 140 g/mol. The zero-order chi connectivity index (χ0) is 7.40. The first-order valence-corrected chi connectivity index (χ1v) is 2.76. The number of rotatable bonds is 2. The quantitative estimate of drug-likeness (QED) is 0.461. The molecule has 0 aliphatic heterocycles. The molecule has 0 fully saturated rings. The van der Waals surface area contributed by atoms with Gasteiger partial charge < -0.3 is 9.30 Å². The third kappa shape index (κ3) is 1.54. The largest absolute Gasteiger partial charge is 0.483 e. The molecule has 5 heteroatoms. The standard InChI is InChI=1S/C5H8N4O/c1-10-5(6)2-9-3-7-8-4-9/h3-4,6H,2H2,1H3. The Morgan fingerprint density at radius 1 is 1.60 bits per heavy atom. The Morgan fingerprint density at radius 3 is 2.70 bits per heavy atom. The van der Waals surface area contributed by atoms with E-state index in [9.17, 15) is 0 Å². The van der Waals surface area contributed by atoms with Gasteiger partial charge in [0.25, 0.3) is 0 Å². The van der Waals surface area contributed by atoms with Crippen LogP contribution in [0.25, 0.3) is 0 Å². The molecule has 0 saturated carbocycles. The van der Waals surface area contributed by atoms with Crippen molar-refractivity contribution >= 4 is 5.90 Å². The molecule has 0 aromatic carbocycles. The average molecular weight is 140 g/mol. The summed E-state index contributed by atoms with van der Waals surface area (Å²) in [6.07, 6.45) is 3.07. The normalized spacial score (nSPS) is 9.30. The molecular weight excluding hydrogens is 132 g/mol. The highest BCUT2D eigenvalue weighted by atomic mass is 16.5. The molecule has 1 heterocycles. The van der Waals surface area contributed by atoms with Gasteiger partial charge in [-0.2, -0.15) is 0 Å². The molecule has 0 spiro atoms. The number of hydrogen-bond donors (Lipinski definition) is 1. The summed E-state index contributed by atoms with van der Waals surface area (Å²) in [4.78, 5) is 0. The maximum Gasteiger partial charge on any atom is 0.200 e. The summed E-state index contributed by atoms with van der Waals surface area (Å²) in [5.74, 6) is 0.194. The summed E-state index contributed by atoms with van der Waals surface area (Å²) in [6, 6.07) is 0. The third-order valence-corrected chi connectivity index (χ3v) is 1.04. The molecule has 54 valence electrons. The Labute approximate surface area is 58.2 Å². The van der Waals surface area contributed by atoms with Crippen molar-refractivity contribution < 1.29 is 4.74 Å². The van der Waals surface area contributed by atoms with Gasteiger partial charge in [-0.3, -0.25) is 5.41 Å². The van der Waals surface area contributed by atoms with Crippen LogP contribution in [-0.4, -0.2) is 27.8 Å². The van der Waals surface area contributed by atoms with Gasteiger partial charge in [-0.1, -0.05) is 0 Å². The molecule has 0 radical (unpaired) electrons. The van der Waals surface area contributed by atoms with Gasteiger partial charge in [0, 0.05) is 0 Å². The van der Waals surface area contributed by atoms with Crippen molar-refractivity contribution in [2.75, 3.05) is 7.11 Å². The number of nitrogens with zero attached hydrogens (tertiary/aromatic N) is 3. The first-order valence-electron chi connectivity index (χ1n) is 2.76. The Kier molecular flexibility index (Phi) is 1.99. The van der Waals surface area contributed by atoms with Gasteiger partial charge in [-0.15, -0.1) is 10.2 Å². The summed E-state index contributed by atoms with van der Waals surface area (Å²) >= 11 is 0. The van der Waals surface area contributed by atoms with Gasteiger partial charge in [0.15, 0.2) is 0 Å². The predicted molar refractivity (Wildman–Crippen MR) is 34.8 cm³/mol. The van der Waals surface area contributed by atoms with E-state index in [1.807, 2.05) is 0 Å². The fourth-order valence-electron chi connectivity index (χ4n) is 0.534. The number of ether oxygens (including phenoxy) is 1. The lowest BCUT2D eigenvalue weighted by Crippen LogP contribution is -2.08. The van der Waals surface area contributed by atoms with Crippen LogP contribution in [0.15, 0.2) is 12.7 Å². The zero-order valence-corrected chi connectivity index (χ0v) is 5.61. The van der Waals surface area contributed by atoms with Crippen LogP contribution in [0.5, 0.6) is 0 Å². The summed E-state index contributed by atoms with van der Waals surface area (Å²) in [7, 11) is 1.46. The minimum absolute atomic E-state index is 0.194. The fourth-order valence-corrected chi connectivity index (χ4v) is 0.534. The average Bonchev–Trinajstić information content (AvgIpc) is 2.40. The molecule has 5 nitrogen and oxygen atoms in total. The SMILES string of the molecule is COC(=N)Cn1cnnc1. The maximum atomic E-state index is 7.12. The smallest absolute Gasteiger partial charge is 0.200 e. The van der Waals surface area contributed by atoms with E-state index in [0.29, 0.717) is 6.54 Å². The van der Waals surface area contributed by atoms with Crippen LogP contribution in [0.2, 0.25) is 0 Å². The van der Waals surface area contributed by atoms with Crippen molar-refractivity contribution in [2.24, 2.45) is 0 Å². The molecule has 0 unspecified atom stereocenters. The van der Waals surface area contributed by atoms with E-state index >= 15 is 0 Å². The Morgan fingerprint density at radius 2 is 2.20 bits per heavy atom. The molecule has 10 heavy (non-hydrogen) atoms. The van der Waals surface area contributed by atoms with E-state index < -0.39 is 0 Å². The second-order valence-corrected chi connectivity index (χ2v) is 1.76. The van der Waals surface area contributed by atoms with Gasteiger partial charge in [-0.05, 0) is 0 Å². The summed E-state index contributed by atoms with van der Waals surface area (Å²) in [6.45, 7) is 0.392. The highest BCUT2D eigenvalue weighted by molar-refractivity contribution is 5.71. The lowest BCUT2D eigenvalue weighted by Gasteiger charge is -2.00. The van der Waals surface area contributed by atoms with E-state index in [0.717, 1.165) is 0 Å². The van der Waals surface area contributed by atoms with Crippen molar-refractivity contribution in [1.29, 1.82) is 5.41 Å². The van der Waals surface area contributed by atoms with Crippen LogP contribution in [0.4, 0.5) is 0 Å². The lowest BCUT2D eigenvalue weighted by atomic mass is 10.6. The van der Waals surface area contributed by atoms with Crippen molar-refractivity contribution in [3.8, 4) is 0 Å². The topological polar surface area (TPSA) is 63.8 Å². The van der Waals surface area contributed by atoms with Crippen LogP contribution in [0, 0.1) is 5.41 Å². The number of hydrogen-bond acceptors (Lipinski definition) is 4. The molecule has 0 saturated heterocycles. The molecule has 1 rings (SSSR count). The summed E-state index contributed by atoms with van der Waals surface area (Å²) < 4.78 is 6.29. The van der Waals surface area contributed by atoms with E-state index in [1.54, 1.807) is 4.57 Å². The maximum absolute atomic E-state index is 7.12. The molecule has 1 N–H and O–H groups in total. The van der Waals surface area contributed by atoms with Crippen LogP contribution in [0.3, 0.4) is 0 Å². The van der Waals surface area contributed by atoms with Gasteiger partial charge in [-0.25, -0.2) is 0 Å². The van der Waals surface area contributed by atoms with E-state index in [4.69, 9.17) is 5.41 Å². The highest BCUT2D eigenvalue weighted by Gasteiger charge is 1.94. The van der Waals surface area contributed by atoms with Gasteiger partial charge in [0.2, 0.25) is 5.90 Å². The molecule has 0 aliphatic rings. The van der Waals surface area contributed by atoms with Crippen molar-refractivity contribution in [3.63, 3.8) is 0 Å². The van der Waals surface area contributed by atoms with Crippen molar-refractivity contribution in [1.82, 2.24) is 14.8 Å². The van der Waals surface area contributed by atoms with Crippen LogP contribution in [0.1, 0.15) is 0 Å². The van der Waals surface area contributed by atoms with Crippen LogP contribution in [-0.2, 0) is 11.3 Å². The molecule has 1 aromatic rings. The minimum atomic E-state index is 0.194. The van der Waals surface area contributed by atoms with Gasteiger partial charge in [0.05, 0.1) is 7.11 Å². The highest BCUT2D eigenvalue weighted by Crippen LogP contribution is 1.84. The third-order valence-electron chi connectivity index (χ3n) is 1.04. The first-order chi connectivity index (χ1) is 4.83. The minimum Gasteiger partial charge on any atom is -0.483 e. The number of nitrogens with one attached hydrogen (secondary N) is 1. The molecule has 0 atom stereocenters. The summed E-state index contributed by atoms with van der Waals surface area (Å²) in [5.41, 5.74) is 0. The van der Waals surface area contributed by atoms with E-state index in [2.05, 4.69) is 14.9 Å². The first kappa shape index (κ1) is 6.73. The molecule has 0 bridgehead atoms. The Balaban J connectivity index is 2.48. The lowest BCUT2D eigenvalue weighted by molar-refractivity contribution is 0.381. The predicted octanol–water partition coefficient (Wildman–Crippen LogP) is -0.0982. The van der Waals surface area contributed by atoms with Crippen LogP contribution < -0.4 is 0 Å². The van der Waals surface area contributed by atoms with E-state index in [1.165, 1.54) is 19.8 Å². The van der Waals surface area contributed by atoms with Gasteiger partial charge >= 0.3 is 0 Å². The molecule has 0 amide bonds. The molecule has 1 aromatic heterocycles. The van der Waals surface area contributed by atoms with Crippen LogP contribution >= 0.6 is 0 Å². The number of aromatic nitrogens is 3. The van der Waals surface area contributed by atoms with E-state index in [-0.39, 0.29) is 5.90 Å². The second-order valence-electron chi connectivity index (χ2n) is 1.76. The Bertz CT molecular complexity index is 205. The number of methoxy groups -OCH3 is 1. The second kappa shape index (κ2) is 2.95. The van der Waals surface area contributed by atoms with Crippen molar-refractivity contribution in [2.45, 2.75) is 6.54 Å². The molecule has 0 aliphatic carbocycles. The zero-order valence-electron chi connectivity index (χ0n) is 5.61. The van der Waals surface area contributed by atoms with Gasteiger partial charge in [0.1, 0.15) is 19.2 Å². The summed E-state index contributed by atoms with van der Waals surface area (Å²) in [5, 5.41) is 14.3. The molecular formula is C5H8N4O. The fraction of sp³-hybridized carbons (Fsp3) is 0.400.